The molecule has 0 aliphatic rings. The van der Waals surface area contributed by atoms with Crippen molar-refractivity contribution in [3.63, 3.8) is 0 Å². The summed E-state index contributed by atoms with van der Waals surface area (Å²) in [5, 5.41) is 20.4. The van der Waals surface area contributed by atoms with Crippen molar-refractivity contribution < 1.29 is 22.3 Å². The van der Waals surface area contributed by atoms with Gasteiger partial charge in [-0.1, -0.05) is 0 Å². The fourth-order valence-electron chi connectivity index (χ4n) is 2.19. The van der Waals surface area contributed by atoms with Gasteiger partial charge in [0.1, 0.15) is 23.1 Å². The average molecular weight is 396 g/mol. The van der Waals surface area contributed by atoms with Crippen molar-refractivity contribution in [3.05, 3.63) is 53.9 Å². The van der Waals surface area contributed by atoms with Gasteiger partial charge in [0.15, 0.2) is 0 Å². The number of rotatable bonds is 7. The van der Waals surface area contributed by atoms with E-state index < -0.39 is 33.2 Å². The summed E-state index contributed by atoms with van der Waals surface area (Å²) in [6.07, 6.45) is 1.06. The molecule has 1 aromatic carbocycles. The maximum atomic E-state index is 14.2. The number of hydrogen-bond donors (Lipinski definition) is 2. The van der Waals surface area contributed by atoms with Gasteiger partial charge >= 0.3 is 0 Å². The molecule has 0 spiro atoms. The van der Waals surface area contributed by atoms with E-state index in [-0.39, 0.29) is 24.5 Å². The number of sulfonamides is 1. The minimum Gasteiger partial charge on any atom is -0.395 e. The first-order chi connectivity index (χ1) is 12.9. The van der Waals surface area contributed by atoms with Crippen LogP contribution < -0.4 is 4.72 Å². The van der Waals surface area contributed by atoms with Crippen molar-refractivity contribution in [1.82, 2.24) is 29.9 Å². The molecule has 0 saturated carbocycles. The van der Waals surface area contributed by atoms with Gasteiger partial charge in [0.25, 0.3) is 0 Å². The van der Waals surface area contributed by atoms with E-state index in [2.05, 4.69) is 25.1 Å². The number of aliphatic hydroxyl groups is 1. The zero-order valence-corrected chi connectivity index (χ0v) is 14.6. The third-order valence-corrected chi connectivity index (χ3v) is 4.92. The molecule has 2 aromatic heterocycles. The predicted molar refractivity (Wildman–Crippen MR) is 88.8 cm³/mol. The molecular weight excluding hydrogens is 382 g/mol. The zero-order valence-electron chi connectivity index (χ0n) is 13.7. The van der Waals surface area contributed by atoms with Crippen LogP contribution in [-0.4, -0.2) is 51.9 Å². The summed E-state index contributed by atoms with van der Waals surface area (Å²) in [5.74, 6) is -1.37. The Hall–Kier alpha value is -2.83. The molecule has 2 heterocycles. The molecule has 0 saturated heterocycles. The molecule has 3 rings (SSSR count). The highest BCUT2D eigenvalue weighted by Gasteiger charge is 2.20. The Bertz CT molecular complexity index is 1040. The second-order valence-corrected chi connectivity index (χ2v) is 7.11. The number of aromatic nitrogens is 5. The molecule has 0 fully saturated rings. The third-order valence-electron chi connectivity index (χ3n) is 3.43. The highest BCUT2D eigenvalue weighted by Crippen LogP contribution is 2.21. The predicted octanol–water partition coefficient (Wildman–Crippen LogP) is 0.332. The molecule has 0 radical (unpaired) electrons. The maximum absolute atomic E-state index is 14.2. The van der Waals surface area contributed by atoms with Crippen LogP contribution in [-0.2, 0) is 16.6 Å². The van der Waals surface area contributed by atoms with Crippen molar-refractivity contribution in [3.8, 4) is 11.4 Å². The van der Waals surface area contributed by atoms with Gasteiger partial charge in [-0.25, -0.2) is 21.9 Å². The number of benzene rings is 1. The van der Waals surface area contributed by atoms with Gasteiger partial charge < -0.3 is 5.11 Å². The maximum Gasteiger partial charge on any atom is 0.243 e. The Labute approximate surface area is 152 Å². The van der Waals surface area contributed by atoms with Gasteiger partial charge in [-0.15, -0.1) is 10.2 Å². The van der Waals surface area contributed by atoms with Crippen LogP contribution in [0.15, 0.2) is 41.4 Å². The minimum absolute atomic E-state index is 0.0864. The van der Waals surface area contributed by atoms with E-state index >= 15 is 0 Å². The average Bonchev–Trinajstić information content (AvgIpc) is 3.10. The van der Waals surface area contributed by atoms with Crippen LogP contribution in [0.5, 0.6) is 0 Å². The molecular formula is C15H14F2N6O3S. The lowest BCUT2D eigenvalue weighted by Gasteiger charge is -2.07. The number of aliphatic hydroxyl groups excluding tert-OH is 1. The normalized spacial score (nSPS) is 11.7. The number of nitrogens with one attached hydrogen (secondary N) is 1. The fourth-order valence-corrected chi connectivity index (χ4v) is 3.26. The molecule has 27 heavy (non-hydrogen) atoms. The summed E-state index contributed by atoms with van der Waals surface area (Å²) in [4.78, 5) is 4.52. The second kappa shape index (κ2) is 7.82. The first-order valence-electron chi connectivity index (χ1n) is 7.68. The van der Waals surface area contributed by atoms with Crippen molar-refractivity contribution in [2.75, 3.05) is 13.2 Å². The summed E-state index contributed by atoms with van der Waals surface area (Å²) >= 11 is 0. The molecule has 3 aromatic rings. The van der Waals surface area contributed by atoms with Crippen molar-refractivity contribution in [2.24, 2.45) is 0 Å². The van der Waals surface area contributed by atoms with Crippen LogP contribution in [0.25, 0.3) is 11.4 Å². The SMILES string of the molecule is O=S(=O)(NCCO)c1ccc(-c2nnn(Cc3ccc(F)cn3)n2)cc1F. The Morgan fingerprint density at radius 3 is 2.67 bits per heavy atom. The van der Waals surface area contributed by atoms with E-state index in [0.717, 1.165) is 18.3 Å². The number of pyridine rings is 1. The summed E-state index contributed by atoms with van der Waals surface area (Å²) in [7, 11) is -4.08. The quantitative estimate of drug-likeness (QED) is 0.590. The van der Waals surface area contributed by atoms with Crippen LogP contribution in [0.1, 0.15) is 5.69 Å². The van der Waals surface area contributed by atoms with Crippen LogP contribution in [0, 0.1) is 11.6 Å². The standard InChI is InChI=1S/C15H14F2N6O3S/c16-11-2-3-12(18-8-11)9-23-21-15(20-22-23)10-1-4-14(13(17)7-10)27(25,26)19-5-6-24/h1-4,7-8,19,24H,5-6,9H2. The van der Waals surface area contributed by atoms with Gasteiger partial charge in [-0.2, -0.15) is 4.80 Å². The van der Waals surface area contributed by atoms with E-state index in [4.69, 9.17) is 5.11 Å². The molecule has 0 unspecified atom stereocenters. The van der Waals surface area contributed by atoms with E-state index in [1.807, 2.05) is 0 Å². The van der Waals surface area contributed by atoms with E-state index in [9.17, 15) is 17.2 Å². The number of nitrogens with zero attached hydrogens (tertiary/aromatic N) is 5. The molecule has 0 aliphatic heterocycles. The van der Waals surface area contributed by atoms with Crippen molar-refractivity contribution in [1.29, 1.82) is 0 Å². The Morgan fingerprint density at radius 1 is 1.19 bits per heavy atom. The number of tetrazole rings is 1. The van der Waals surface area contributed by atoms with Gasteiger partial charge in [-0.3, -0.25) is 4.98 Å². The topological polar surface area (TPSA) is 123 Å². The molecule has 12 heteroatoms. The van der Waals surface area contributed by atoms with E-state index in [1.165, 1.54) is 23.0 Å². The van der Waals surface area contributed by atoms with Gasteiger partial charge in [0, 0.05) is 12.1 Å². The lowest BCUT2D eigenvalue weighted by molar-refractivity contribution is 0.301. The Kier molecular flexibility index (Phi) is 5.48. The zero-order chi connectivity index (χ0) is 19.4. The molecule has 0 bridgehead atoms. The highest BCUT2D eigenvalue weighted by molar-refractivity contribution is 7.89. The first kappa shape index (κ1) is 18.9. The van der Waals surface area contributed by atoms with Crippen molar-refractivity contribution >= 4 is 10.0 Å². The third kappa shape index (κ3) is 4.48. The van der Waals surface area contributed by atoms with E-state index in [0.29, 0.717) is 5.69 Å². The second-order valence-electron chi connectivity index (χ2n) is 5.38. The van der Waals surface area contributed by atoms with Crippen LogP contribution >= 0.6 is 0 Å². The van der Waals surface area contributed by atoms with Crippen LogP contribution in [0.2, 0.25) is 0 Å². The van der Waals surface area contributed by atoms with Crippen molar-refractivity contribution in [2.45, 2.75) is 11.4 Å². The smallest absolute Gasteiger partial charge is 0.243 e. The monoisotopic (exact) mass is 396 g/mol. The molecule has 142 valence electrons. The fraction of sp³-hybridized carbons (Fsp3) is 0.200. The number of hydrogen-bond acceptors (Lipinski definition) is 7. The highest BCUT2D eigenvalue weighted by atomic mass is 32.2. The molecule has 0 atom stereocenters. The molecule has 9 nitrogen and oxygen atoms in total. The number of halogens is 2. The molecule has 0 aliphatic carbocycles. The van der Waals surface area contributed by atoms with Gasteiger partial charge in [0.05, 0.1) is 18.5 Å². The van der Waals surface area contributed by atoms with E-state index in [1.54, 1.807) is 0 Å². The Morgan fingerprint density at radius 2 is 2.00 bits per heavy atom. The van der Waals surface area contributed by atoms with Gasteiger partial charge in [-0.05, 0) is 35.5 Å². The lowest BCUT2D eigenvalue weighted by Crippen LogP contribution is -2.27. The summed E-state index contributed by atoms with van der Waals surface area (Å²) < 4.78 is 53.1. The lowest BCUT2D eigenvalue weighted by atomic mass is 10.2. The summed E-state index contributed by atoms with van der Waals surface area (Å²) in [6.45, 7) is -0.501. The minimum atomic E-state index is -4.08. The first-order valence-corrected chi connectivity index (χ1v) is 9.16. The molecule has 2 N–H and O–H groups in total. The van der Waals surface area contributed by atoms with Crippen LogP contribution in [0.4, 0.5) is 8.78 Å². The van der Waals surface area contributed by atoms with Crippen LogP contribution in [0.3, 0.4) is 0 Å². The summed E-state index contributed by atoms with van der Waals surface area (Å²) in [6, 6.07) is 6.11. The summed E-state index contributed by atoms with van der Waals surface area (Å²) in [5.41, 5.74) is 0.731. The molecule has 0 amide bonds. The van der Waals surface area contributed by atoms with Gasteiger partial charge in [0.2, 0.25) is 15.8 Å². The largest absolute Gasteiger partial charge is 0.395 e. The Balaban J connectivity index is 1.80.